The normalized spacial score (nSPS) is 39.2. The third-order valence-corrected chi connectivity index (χ3v) is 8.62. The van der Waals surface area contributed by atoms with Gasteiger partial charge in [0.1, 0.15) is 34.9 Å². The number of carbonyl (C=O) groups is 4. The molecule has 0 spiro atoms. The molecule has 0 radical (unpaired) electrons. The van der Waals surface area contributed by atoms with Gasteiger partial charge in [-0.1, -0.05) is 0 Å². The van der Waals surface area contributed by atoms with Crippen LogP contribution in [0.3, 0.4) is 0 Å². The summed E-state index contributed by atoms with van der Waals surface area (Å²) in [4.78, 5) is 47.5. The minimum atomic E-state index is -0.953. The molecule has 0 unspecified atom stereocenters. The third kappa shape index (κ3) is 2.88. The van der Waals surface area contributed by atoms with E-state index >= 15 is 0 Å². The second-order valence-electron chi connectivity index (χ2n) is 8.25. The smallest absolute Gasteiger partial charge is 0.327 e. The highest BCUT2D eigenvalue weighted by atomic mass is 32.2. The molecular formula is C16H24N4O6S2. The summed E-state index contributed by atoms with van der Waals surface area (Å²) in [7, 11) is 0. The Kier molecular flexibility index (Phi) is 4.93. The summed E-state index contributed by atoms with van der Waals surface area (Å²) in [6.07, 6.45) is 0. The van der Waals surface area contributed by atoms with Crippen molar-refractivity contribution in [1.82, 2.24) is 9.80 Å². The number of carboxylic acids is 2. The molecule has 0 aromatic heterocycles. The van der Waals surface area contributed by atoms with Gasteiger partial charge in [0.15, 0.2) is 0 Å². The van der Waals surface area contributed by atoms with Crippen LogP contribution in [-0.4, -0.2) is 88.2 Å². The molecule has 6 N–H and O–H groups in total. The number of nitrogens with zero attached hydrogens (tertiary/aromatic N) is 2. The molecule has 10 nitrogen and oxygen atoms in total. The quantitative estimate of drug-likeness (QED) is 0.394. The predicted molar refractivity (Wildman–Crippen MR) is 103 cm³/mol. The van der Waals surface area contributed by atoms with E-state index in [4.69, 9.17) is 21.7 Å². The fraction of sp³-hybridized carbons (Fsp3) is 0.750. The first kappa shape index (κ1) is 21.2. The molecule has 0 aromatic carbocycles. The Hall–Kier alpha value is -1.50. The third-order valence-electron chi connectivity index (χ3n) is 5.43. The maximum atomic E-state index is 11.4. The van der Waals surface area contributed by atoms with Gasteiger partial charge in [-0.25, -0.2) is 9.59 Å². The van der Waals surface area contributed by atoms with E-state index in [1.165, 1.54) is 33.3 Å². The molecule has 4 aliphatic heterocycles. The lowest BCUT2D eigenvalue weighted by atomic mass is 9.96. The number of β-lactam (4-membered cyclic amide) rings is 2. The number of carbonyl (C=O) groups excluding carboxylic acids is 2. The fourth-order valence-electron chi connectivity index (χ4n) is 4.08. The Morgan fingerprint density at radius 1 is 0.821 bits per heavy atom. The van der Waals surface area contributed by atoms with Crippen LogP contribution >= 0.6 is 23.5 Å². The van der Waals surface area contributed by atoms with Gasteiger partial charge in [-0.15, -0.1) is 23.5 Å². The molecule has 0 saturated carbocycles. The van der Waals surface area contributed by atoms with Crippen LogP contribution in [0.15, 0.2) is 0 Å². The van der Waals surface area contributed by atoms with E-state index < -0.39 is 45.6 Å². The van der Waals surface area contributed by atoms with Crippen molar-refractivity contribution in [2.45, 2.75) is 72.1 Å². The van der Waals surface area contributed by atoms with E-state index in [1.54, 1.807) is 0 Å². The van der Waals surface area contributed by atoms with Crippen LogP contribution in [0.5, 0.6) is 0 Å². The van der Waals surface area contributed by atoms with Crippen molar-refractivity contribution in [3.05, 3.63) is 0 Å². The van der Waals surface area contributed by atoms with Gasteiger partial charge in [0, 0.05) is 9.49 Å². The molecule has 4 rings (SSSR count). The molecular weight excluding hydrogens is 408 g/mol. The summed E-state index contributed by atoms with van der Waals surface area (Å²) in [5.41, 5.74) is 11.2. The van der Waals surface area contributed by atoms with Gasteiger partial charge in [0.25, 0.3) is 0 Å². The number of rotatable bonds is 2. The zero-order valence-electron chi connectivity index (χ0n) is 15.9. The van der Waals surface area contributed by atoms with Crippen LogP contribution < -0.4 is 11.5 Å². The SMILES string of the molecule is CC1(C)S[C@@H]2[C@H](N)C(=O)N2[C@H]1C(=O)O.CC1(C)S[C@@H]2[C@H](N)C(=O)N2[C@H]1C(=O)O. The van der Waals surface area contributed by atoms with Crippen molar-refractivity contribution >= 4 is 47.3 Å². The van der Waals surface area contributed by atoms with Crippen molar-refractivity contribution in [3.63, 3.8) is 0 Å². The van der Waals surface area contributed by atoms with Gasteiger partial charge in [0.05, 0.1) is 0 Å². The van der Waals surface area contributed by atoms with Crippen LogP contribution in [0.2, 0.25) is 0 Å². The van der Waals surface area contributed by atoms with Gasteiger partial charge in [-0.2, -0.15) is 0 Å². The lowest BCUT2D eigenvalue weighted by molar-refractivity contribution is -0.159. The summed E-state index contributed by atoms with van der Waals surface area (Å²) in [6, 6.07) is -2.54. The molecule has 4 heterocycles. The van der Waals surface area contributed by atoms with E-state index in [9.17, 15) is 19.2 Å². The largest absolute Gasteiger partial charge is 0.480 e. The van der Waals surface area contributed by atoms with E-state index in [2.05, 4.69) is 0 Å². The minimum Gasteiger partial charge on any atom is -0.480 e. The Labute approximate surface area is 170 Å². The summed E-state index contributed by atoms with van der Waals surface area (Å²) >= 11 is 2.93. The predicted octanol–water partition coefficient (Wildman–Crippen LogP) is -1.08. The monoisotopic (exact) mass is 432 g/mol. The second kappa shape index (κ2) is 6.51. The molecule has 0 bridgehead atoms. The number of hydrogen-bond acceptors (Lipinski definition) is 8. The molecule has 4 saturated heterocycles. The molecule has 28 heavy (non-hydrogen) atoms. The number of thioether (sulfide) groups is 2. The molecule has 156 valence electrons. The lowest BCUT2D eigenvalue weighted by Crippen LogP contribution is -2.68. The highest BCUT2D eigenvalue weighted by Gasteiger charge is 2.63. The highest BCUT2D eigenvalue weighted by molar-refractivity contribution is 8.02. The standard InChI is InChI=1S/2C8H12N2O3S/c2*1-8(2)4(7(12)13)10-5(11)3(9)6(10)14-8/h2*3-4,6H,9H2,1-2H3,(H,12,13)/t2*3-,4+,6-/m11/s1. The minimum absolute atomic E-state index is 0.154. The van der Waals surface area contributed by atoms with Crippen molar-refractivity contribution in [1.29, 1.82) is 0 Å². The molecule has 2 amide bonds. The van der Waals surface area contributed by atoms with Crippen molar-refractivity contribution < 1.29 is 29.4 Å². The zero-order chi connectivity index (χ0) is 21.3. The lowest BCUT2D eigenvalue weighted by Gasteiger charge is -2.41. The highest BCUT2D eigenvalue weighted by Crippen LogP contribution is 2.51. The van der Waals surface area contributed by atoms with E-state index in [0.29, 0.717) is 0 Å². The number of fused-ring (bicyclic) bond motifs is 2. The first-order valence-electron chi connectivity index (χ1n) is 8.69. The average Bonchev–Trinajstić information content (AvgIpc) is 3.00. The molecule has 4 aliphatic rings. The summed E-state index contributed by atoms with van der Waals surface area (Å²) in [6.45, 7) is 7.31. The Morgan fingerprint density at radius 2 is 1.11 bits per heavy atom. The maximum absolute atomic E-state index is 11.4. The van der Waals surface area contributed by atoms with Crippen LogP contribution in [-0.2, 0) is 19.2 Å². The van der Waals surface area contributed by atoms with E-state index in [0.717, 1.165) is 0 Å². The van der Waals surface area contributed by atoms with E-state index in [-0.39, 0.29) is 22.6 Å². The number of carboxylic acid groups (broad SMARTS) is 2. The van der Waals surface area contributed by atoms with E-state index in [1.807, 2.05) is 27.7 Å². The van der Waals surface area contributed by atoms with Gasteiger partial charge in [-0.3, -0.25) is 9.59 Å². The molecule has 12 heteroatoms. The maximum Gasteiger partial charge on any atom is 0.327 e. The molecule has 4 fully saturated rings. The van der Waals surface area contributed by atoms with Gasteiger partial charge < -0.3 is 31.5 Å². The Balaban J connectivity index is 0.000000161. The number of aliphatic carboxylic acids is 2. The summed E-state index contributed by atoms with van der Waals surface area (Å²) < 4.78 is -0.916. The van der Waals surface area contributed by atoms with Crippen LogP contribution in [0, 0.1) is 0 Å². The number of hydrogen-bond donors (Lipinski definition) is 4. The van der Waals surface area contributed by atoms with Crippen molar-refractivity contribution in [2.24, 2.45) is 11.5 Å². The Morgan fingerprint density at radius 3 is 1.36 bits per heavy atom. The topological polar surface area (TPSA) is 167 Å². The number of nitrogens with two attached hydrogens (primary N) is 2. The Bertz CT molecular complexity index is 697. The van der Waals surface area contributed by atoms with Gasteiger partial charge >= 0.3 is 11.9 Å². The average molecular weight is 433 g/mol. The van der Waals surface area contributed by atoms with Crippen molar-refractivity contribution in [3.8, 4) is 0 Å². The van der Waals surface area contributed by atoms with Crippen LogP contribution in [0.1, 0.15) is 27.7 Å². The van der Waals surface area contributed by atoms with Gasteiger partial charge in [-0.05, 0) is 27.7 Å². The van der Waals surface area contributed by atoms with Crippen molar-refractivity contribution in [2.75, 3.05) is 0 Å². The number of amides is 2. The fourth-order valence-corrected chi connectivity index (χ4v) is 7.22. The second-order valence-corrected chi connectivity index (χ2v) is 11.8. The van der Waals surface area contributed by atoms with Crippen LogP contribution in [0.25, 0.3) is 0 Å². The molecule has 6 atom stereocenters. The molecule has 0 aromatic rings. The van der Waals surface area contributed by atoms with Gasteiger partial charge in [0.2, 0.25) is 11.8 Å². The summed E-state index contributed by atoms with van der Waals surface area (Å²) in [5, 5.41) is 17.7. The van der Waals surface area contributed by atoms with Crippen LogP contribution in [0.4, 0.5) is 0 Å². The first-order valence-corrected chi connectivity index (χ1v) is 10.4. The first-order chi connectivity index (χ1) is 12.7. The molecule has 0 aliphatic carbocycles. The summed E-state index contributed by atoms with van der Waals surface area (Å²) in [5.74, 6) is -2.41. The zero-order valence-corrected chi connectivity index (χ0v) is 17.5.